The Morgan fingerprint density at radius 1 is 1.00 bits per heavy atom. The molecule has 0 bridgehead atoms. The molecule has 3 aromatic rings. The SMILES string of the molecule is C=C(c1ccccc1)c1nc2ccccc2n1C. The number of hydrogen-bond donors (Lipinski definition) is 0. The maximum atomic E-state index is 4.65. The van der Waals surface area contributed by atoms with Crippen LogP contribution < -0.4 is 0 Å². The maximum Gasteiger partial charge on any atom is 0.140 e. The summed E-state index contributed by atoms with van der Waals surface area (Å²) in [4.78, 5) is 4.65. The van der Waals surface area contributed by atoms with E-state index in [1.807, 2.05) is 43.4 Å². The van der Waals surface area contributed by atoms with Gasteiger partial charge in [0.2, 0.25) is 0 Å². The van der Waals surface area contributed by atoms with Crippen LogP contribution in [-0.2, 0) is 7.05 Å². The van der Waals surface area contributed by atoms with E-state index in [9.17, 15) is 0 Å². The lowest BCUT2D eigenvalue weighted by atomic mass is 10.1. The van der Waals surface area contributed by atoms with Crippen LogP contribution in [0.25, 0.3) is 16.6 Å². The predicted octanol–water partition coefficient (Wildman–Crippen LogP) is 3.63. The fourth-order valence-electron chi connectivity index (χ4n) is 2.18. The Morgan fingerprint density at radius 3 is 2.39 bits per heavy atom. The first kappa shape index (κ1) is 10.8. The summed E-state index contributed by atoms with van der Waals surface area (Å²) in [5.41, 5.74) is 4.20. The highest BCUT2D eigenvalue weighted by molar-refractivity contribution is 5.83. The summed E-state index contributed by atoms with van der Waals surface area (Å²) in [5.74, 6) is 0.919. The average molecular weight is 234 g/mol. The standard InChI is InChI=1S/C16H14N2/c1-12(13-8-4-3-5-9-13)16-17-14-10-6-7-11-15(14)18(16)2/h3-11H,1H2,2H3. The van der Waals surface area contributed by atoms with Crippen LogP contribution in [0, 0.1) is 0 Å². The Morgan fingerprint density at radius 2 is 1.67 bits per heavy atom. The van der Waals surface area contributed by atoms with Crippen molar-refractivity contribution in [2.45, 2.75) is 0 Å². The van der Waals surface area contributed by atoms with E-state index in [0.29, 0.717) is 0 Å². The molecule has 0 saturated carbocycles. The molecule has 2 heteroatoms. The van der Waals surface area contributed by atoms with Gasteiger partial charge in [0.25, 0.3) is 0 Å². The van der Waals surface area contributed by atoms with Crippen LogP contribution in [0.4, 0.5) is 0 Å². The molecular weight excluding hydrogens is 220 g/mol. The van der Waals surface area contributed by atoms with Gasteiger partial charge in [0, 0.05) is 12.6 Å². The van der Waals surface area contributed by atoms with Crippen LogP contribution in [0.1, 0.15) is 11.4 Å². The van der Waals surface area contributed by atoms with E-state index < -0.39 is 0 Å². The van der Waals surface area contributed by atoms with Gasteiger partial charge in [0.1, 0.15) is 5.82 Å². The zero-order valence-corrected chi connectivity index (χ0v) is 10.3. The summed E-state index contributed by atoms with van der Waals surface area (Å²) in [6, 6.07) is 18.3. The summed E-state index contributed by atoms with van der Waals surface area (Å²) in [7, 11) is 2.03. The van der Waals surface area contributed by atoms with Gasteiger partial charge in [0.15, 0.2) is 0 Å². The quantitative estimate of drug-likeness (QED) is 0.662. The summed E-state index contributed by atoms with van der Waals surface area (Å²) < 4.78 is 2.09. The first-order valence-corrected chi connectivity index (χ1v) is 5.93. The number of fused-ring (bicyclic) bond motifs is 1. The van der Waals surface area contributed by atoms with Gasteiger partial charge in [0.05, 0.1) is 11.0 Å². The van der Waals surface area contributed by atoms with Gasteiger partial charge < -0.3 is 4.57 Å². The fourth-order valence-corrected chi connectivity index (χ4v) is 2.18. The van der Waals surface area contributed by atoms with Gasteiger partial charge >= 0.3 is 0 Å². The summed E-state index contributed by atoms with van der Waals surface area (Å²) >= 11 is 0. The van der Waals surface area contributed by atoms with E-state index in [4.69, 9.17) is 0 Å². The molecule has 0 unspecified atom stereocenters. The first-order chi connectivity index (χ1) is 8.77. The van der Waals surface area contributed by atoms with Crippen molar-refractivity contribution >= 4 is 16.6 Å². The van der Waals surface area contributed by atoms with Crippen LogP contribution in [-0.4, -0.2) is 9.55 Å². The molecule has 0 saturated heterocycles. The van der Waals surface area contributed by atoms with Crippen molar-refractivity contribution in [3.05, 3.63) is 72.6 Å². The zero-order valence-electron chi connectivity index (χ0n) is 10.3. The van der Waals surface area contributed by atoms with E-state index in [1.54, 1.807) is 0 Å². The molecule has 0 N–H and O–H groups in total. The average Bonchev–Trinajstić information content (AvgIpc) is 2.77. The van der Waals surface area contributed by atoms with Gasteiger partial charge in [-0.25, -0.2) is 4.98 Å². The Balaban J connectivity index is 2.15. The second-order valence-electron chi connectivity index (χ2n) is 4.33. The summed E-state index contributed by atoms with van der Waals surface area (Å²) in [5, 5.41) is 0. The van der Waals surface area contributed by atoms with Crippen LogP contribution in [0.15, 0.2) is 61.2 Å². The molecular formula is C16H14N2. The molecule has 0 aliphatic heterocycles. The third-order valence-electron chi connectivity index (χ3n) is 3.18. The summed E-state index contributed by atoms with van der Waals surface area (Å²) in [6.45, 7) is 4.17. The van der Waals surface area contributed by atoms with E-state index in [0.717, 1.165) is 28.0 Å². The topological polar surface area (TPSA) is 17.8 Å². The molecule has 0 aliphatic rings. The molecule has 2 nitrogen and oxygen atoms in total. The number of hydrogen-bond acceptors (Lipinski definition) is 1. The Hall–Kier alpha value is -2.35. The normalized spacial score (nSPS) is 10.7. The van der Waals surface area contributed by atoms with Gasteiger partial charge in [-0.15, -0.1) is 0 Å². The molecule has 0 amide bonds. The highest BCUT2D eigenvalue weighted by atomic mass is 15.1. The lowest BCUT2D eigenvalue weighted by molar-refractivity contribution is 0.923. The molecule has 1 heterocycles. The van der Waals surface area contributed by atoms with E-state index >= 15 is 0 Å². The molecule has 0 aliphatic carbocycles. The number of aromatic nitrogens is 2. The zero-order chi connectivity index (χ0) is 12.5. The van der Waals surface area contributed by atoms with Crippen molar-refractivity contribution in [1.29, 1.82) is 0 Å². The molecule has 1 aromatic heterocycles. The van der Waals surface area contributed by atoms with Gasteiger partial charge in [-0.3, -0.25) is 0 Å². The van der Waals surface area contributed by atoms with Crippen molar-refractivity contribution in [3.8, 4) is 0 Å². The van der Waals surface area contributed by atoms with E-state index in [2.05, 4.69) is 34.3 Å². The third-order valence-corrected chi connectivity index (χ3v) is 3.18. The molecule has 3 rings (SSSR count). The van der Waals surface area contributed by atoms with Crippen LogP contribution in [0.2, 0.25) is 0 Å². The van der Waals surface area contributed by atoms with Crippen molar-refractivity contribution < 1.29 is 0 Å². The number of rotatable bonds is 2. The van der Waals surface area contributed by atoms with Crippen molar-refractivity contribution in [2.75, 3.05) is 0 Å². The van der Waals surface area contributed by atoms with Crippen LogP contribution >= 0.6 is 0 Å². The Kier molecular flexibility index (Phi) is 2.49. The second kappa shape index (κ2) is 4.15. The number of para-hydroxylation sites is 2. The number of nitrogens with zero attached hydrogens (tertiary/aromatic N) is 2. The van der Waals surface area contributed by atoms with E-state index in [-0.39, 0.29) is 0 Å². The minimum atomic E-state index is 0.919. The van der Waals surface area contributed by atoms with Gasteiger partial charge in [-0.2, -0.15) is 0 Å². The minimum Gasteiger partial charge on any atom is -0.327 e. The molecule has 0 spiro atoms. The van der Waals surface area contributed by atoms with Crippen molar-refractivity contribution in [3.63, 3.8) is 0 Å². The number of imidazole rings is 1. The highest BCUT2D eigenvalue weighted by Crippen LogP contribution is 2.23. The van der Waals surface area contributed by atoms with Crippen LogP contribution in [0.5, 0.6) is 0 Å². The molecule has 0 radical (unpaired) electrons. The van der Waals surface area contributed by atoms with Crippen LogP contribution in [0.3, 0.4) is 0 Å². The molecule has 0 atom stereocenters. The third kappa shape index (κ3) is 1.63. The van der Waals surface area contributed by atoms with Crippen molar-refractivity contribution in [2.24, 2.45) is 7.05 Å². The number of benzene rings is 2. The smallest absolute Gasteiger partial charge is 0.140 e. The lowest BCUT2D eigenvalue weighted by Crippen LogP contribution is -1.97. The van der Waals surface area contributed by atoms with Gasteiger partial charge in [-0.1, -0.05) is 49.0 Å². The monoisotopic (exact) mass is 234 g/mol. The molecule has 88 valence electrons. The second-order valence-corrected chi connectivity index (χ2v) is 4.33. The molecule has 18 heavy (non-hydrogen) atoms. The Labute approximate surface area is 106 Å². The first-order valence-electron chi connectivity index (χ1n) is 5.93. The largest absolute Gasteiger partial charge is 0.327 e. The van der Waals surface area contributed by atoms with Gasteiger partial charge in [-0.05, 0) is 17.7 Å². The highest BCUT2D eigenvalue weighted by Gasteiger charge is 2.11. The van der Waals surface area contributed by atoms with E-state index in [1.165, 1.54) is 0 Å². The number of aryl methyl sites for hydroxylation is 1. The molecule has 0 fully saturated rings. The lowest BCUT2D eigenvalue weighted by Gasteiger charge is -2.05. The summed E-state index contributed by atoms with van der Waals surface area (Å²) in [6.07, 6.45) is 0. The minimum absolute atomic E-state index is 0.919. The predicted molar refractivity (Wildman–Crippen MR) is 75.3 cm³/mol. The Bertz CT molecular complexity index is 708. The fraction of sp³-hybridized carbons (Fsp3) is 0.0625. The molecule has 2 aromatic carbocycles. The van der Waals surface area contributed by atoms with Crippen molar-refractivity contribution in [1.82, 2.24) is 9.55 Å². The maximum absolute atomic E-state index is 4.65.